The van der Waals surface area contributed by atoms with Crippen LogP contribution in [0.1, 0.15) is 18.9 Å². The lowest BCUT2D eigenvalue weighted by molar-refractivity contribution is -0.130. The molecule has 0 aliphatic carbocycles. The molecule has 5 nitrogen and oxygen atoms in total. The lowest BCUT2D eigenvalue weighted by Crippen LogP contribution is -2.45. The molecule has 0 spiro atoms. The molecule has 1 aromatic carbocycles. The highest BCUT2D eigenvalue weighted by molar-refractivity contribution is 7.91. The van der Waals surface area contributed by atoms with Crippen molar-refractivity contribution in [1.82, 2.24) is 4.90 Å². The molecule has 6 heteroatoms. The van der Waals surface area contributed by atoms with Crippen LogP contribution in [0.25, 0.3) is 0 Å². The number of hydrogen-bond acceptors (Lipinski definition) is 4. The van der Waals surface area contributed by atoms with E-state index in [1.165, 1.54) is 5.56 Å². The van der Waals surface area contributed by atoms with E-state index in [0.29, 0.717) is 19.0 Å². The van der Waals surface area contributed by atoms with Crippen molar-refractivity contribution in [1.29, 1.82) is 0 Å². The minimum absolute atomic E-state index is 0.00865. The first-order chi connectivity index (χ1) is 10.4. The van der Waals surface area contributed by atoms with E-state index in [-0.39, 0.29) is 23.5 Å². The van der Waals surface area contributed by atoms with E-state index in [0.717, 1.165) is 12.1 Å². The molecule has 1 fully saturated rings. The predicted octanol–water partition coefficient (Wildman–Crippen LogP) is 1.08. The molecule has 0 radical (unpaired) electrons. The first kappa shape index (κ1) is 15.3. The maximum Gasteiger partial charge on any atom is 0.242 e. The van der Waals surface area contributed by atoms with Gasteiger partial charge in [0.25, 0.3) is 0 Å². The summed E-state index contributed by atoms with van der Waals surface area (Å²) in [5.41, 5.74) is 2.39. The van der Waals surface area contributed by atoms with Crippen LogP contribution in [0.4, 0.5) is 5.69 Å². The predicted molar refractivity (Wildman–Crippen MR) is 86.8 cm³/mol. The monoisotopic (exact) mass is 322 g/mol. The Morgan fingerprint density at radius 3 is 2.77 bits per heavy atom. The molecule has 0 saturated carbocycles. The molecular formula is C16H22N2O3S. The molecule has 0 unspecified atom stereocenters. The molecule has 0 N–H and O–H groups in total. The smallest absolute Gasteiger partial charge is 0.242 e. The van der Waals surface area contributed by atoms with Gasteiger partial charge in [0, 0.05) is 24.8 Å². The number of benzene rings is 1. The molecule has 1 amide bonds. The minimum atomic E-state index is -2.97. The number of fused-ring (bicyclic) bond motifs is 1. The number of likely N-dealkylation sites (N-methyl/N-ethyl adjacent to an activating group) is 1. The average molecular weight is 322 g/mol. The van der Waals surface area contributed by atoms with Crippen LogP contribution in [0.5, 0.6) is 0 Å². The molecule has 2 atom stereocenters. The van der Waals surface area contributed by atoms with Crippen molar-refractivity contribution in [3.8, 4) is 0 Å². The molecule has 2 aliphatic rings. The Morgan fingerprint density at radius 2 is 2.09 bits per heavy atom. The fourth-order valence-electron chi connectivity index (χ4n) is 3.41. The molecule has 3 rings (SSSR count). The summed E-state index contributed by atoms with van der Waals surface area (Å²) in [7, 11) is -1.25. The van der Waals surface area contributed by atoms with Gasteiger partial charge in [0.2, 0.25) is 5.91 Å². The average Bonchev–Trinajstić information content (AvgIpc) is 2.98. The summed E-state index contributed by atoms with van der Waals surface area (Å²) in [6.07, 6.45) is 1.50. The van der Waals surface area contributed by atoms with Crippen LogP contribution in [0.3, 0.4) is 0 Å². The van der Waals surface area contributed by atoms with Crippen molar-refractivity contribution in [2.24, 2.45) is 0 Å². The number of sulfone groups is 1. The molecule has 2 aliphatic heterocycles. The van der Waals surface area contributed by atoms with Gasteiger partial charge in [-0.05, 0) is 31.4 Å². The Labute approximate surface area is 131 Å². The normalized spacial score (nSPS) is 26.0. The van der Waals surface area contributed by atoms with Crippen molar-refractivity contribution >= 4 is 21.4 Å². The first-order valence-corrected chi connectivity index (χ1v) is 9.50. The summed E-state index contributed by atoms with van der Waals surface area (Å²) in [6, 6.07) is 8.27. The van der Waals surface area contributed by atoms with Crippen molar-refractivity contribution in [2.75, 3.05) is 30.0 Å². The second kappa shape index (κ2) is 5.57. The summed E-state index contributed by atoms with van der Waals surface area (Å²) < 4.78 is 23.2. The van der Waals surface area contributed by atoms with E-state index < -0.39 is 9.84 Å². The summed E-state index contributed by atoms with van der Waals surface area (Å²) in [5, 5.41) is 0. The van der Waals surface area contributed by atoms with Crippen LogP contribution < -0.4 is 4.90 Å². The second-order valence-corrected chi connectivity index (χ2v) is 8.60. The highest BCUT2D eigenvalue weighted by Crippen LogP contribution is 2.31. The number of carbonyl (C=O) groups is 1. The third kappa shape index (κ3) is 2.84. The molecule has 2 heterocycles. The van der Waals surface area contributed by atoms with Gasteiger partial charge in [0.05, 0.1) is 18.1 Å². The third-order valence-electron chi connectivity index (χ3n) is 4.80. The SMILES string of the molecule is C[C@@H]1Cc2ccccc2N1CC(=O)N(C)[C@@H]1CCS(=O)(=O)C1. The largest absolute Gasteiger partial charge is 0.359 e. The number of anilines is 1. The Kier molecular flexibility index (Phi) is 3.89. The Bertz CT molecular complexity index is 686. The first-order valence-electron chi connectivity index (χ1n) is 7.68. The van der Waals surface area contributed by atoms with Crippen LogP contribution >= 0.6 is 0 Å². The summed E-state index contributed by atoms with van der Waals surface area (Å²) in [5.74, 6) is 0.283. The lowest BCUT2D eigenvalue weighted by atomic mass is 10.1. The van der Waals surface area contributed by atoms with E-state index >= 15 is 0 Å². The number of amides is 1. The number of hydrogen-bond donors (Lipinski definition) is 0. The number of para-hydroxylation sites is 1. The summed E-state index contributed by atoms with van der Waals surface area (Å²) in [4.78, 5) is 16.3. The van der Waals surface area contributed by atoms with E-state index in [4.69, 9.17) is 0 Å². The van der Waals surface area contributed by atoms with E-state index in [1.54, 1.807) is 11.9 Å². The van der Waals surface area contributed by atoms with Gasteiger partial charge in [0.15, 0.2) is 9.84 Å². The van der Waals surface area contributed by atoms with Crippen molar-refractivity contribution in [3.05, 3.63) is 29.8 Å². The van der Waals surface area contributed by atoms with E-state index in [1.807, 2.05) is 18.2 Å². The fraction of sp³-hybridized carbons (Fsp3) is 0.562. The summed E-state index contributed by atoms with van der Waals surface area (Å²) in [6.45, 7) is 2.43. The van der Waals surface area contributed by atoms with Gasteiger partial charge in [-0.3, -0.25) is 4.79 Å². The second-order valence-electron chi connectivity index (χ2n) is 6.37. The van der Waals surface area contributed by atoms with Gasteiger partial charge >= 0.3 is 0 Å². The molecule has 0 bridgehead atoms. The molecule has 0 aromatic heterocycles. The standard InChI is InChI=1S/C16H22N2O3S/c1-12-9-13-5-3-4-6-15(13)18(12)10-16(19)17(2)14-7-8-22(20,21)11-14/h3-6,12,14H,7-11H2,1-2H3/t12-,14-/m1/s1. The van der Waals surface area contributed by atoms with Crippen LogP contribution in [0.2, 0.25) is 0 Å². The Hall–Kier alpha value is -1.56. The van der Waals surface area contributed by atoms with Gasteiger partial charge in [0.1, 0.15) is 0 Å². The van der Waals surface area contributed by atoms with Gasteiger partial charge < -0.3 is 9.80 Å². The molecular weight excluding hydrogens is 300 g/mol. The quantitative estimate of drug-likeness (QED) is 0.836. The highest BCUT2D eigenvalue weighted by atomic mass is 32.2. The van der Waals surface area contributed by atoms with Gasteiger partial charge in [-0.15, -0.1) is 0 Å². The molecule has 1 saturated heterocycles. The van der Waals surface area contributed by atoms with Crippen LogP contribution in [-0.4, -0.2) is 56.4 Å². The molecule has 22 heavy (non-hydrogen) atoms. The van der Waals surface area contributed by atoms with Gasteiger partial charge in [-0.1, -0.05) is 18.2 Å². The lowest BCUT2D eigenvalue weighted by Gasteiger charge is -2.29. The zero-order valence-corrected chi connectivity index (χ0v) is 13.8. The minimum Gasteiger partial charge on any atom is -0.359 e. The topological polar surface area (TPSA) is 57.7 Å². The fourth-order valence-corrected chi connectivity index (χ4v) is 5.19. The third-order valence-corrected chi connectivity index (χ3v) is 6.55. The number of nitrogens with zero attached hydrogens (tertiary/aromatic N) is 2. The summed E-state index contributed by atoms with van der Waals surface area (Å²) >= 11 is 0. The van der Waals surface area contributed by atoms with Gasteiger partial charge in [-0.2, -0.15) is 0 Å². The number of rotatable bonds is 3. The van der Waals surface area contributed by atoms with Crippen molar-refractivity contribution < 1.29 is 13.2 Å². The zero-order valence-electron chi connectivity index (χ0n) is 13.0. The van der Waals surface area contributed by atoms with Crippen LogP contribution in [-0.2, 0) is 21.1 Å². The molecule has 1 aromatic rings. The molecule has 120 valence electrons. The van der Waals surface area contributed by atoms with Gasteiger partial charge in [-0.25, -0.2) is 8.42 Å². The Morgan fingerprint density at radius 1 is 1.36 bits per heavy atom. The highest BCUT2D eigenvalue weighted by Gasteiger charge is 2.34. The maximum atomic E-state index is 12.5. The number of carbonyl (C=O) groups excluding carboxylic acids is 1. The van der Waals surface area contributed by atoms with Crippen molar-refractivity contribution in [2.45, 2.75) is 31.8 Å². The zero-order chi connectivity index (χ0) is 15.9. The van der Waals surface area contributed by atoms with E-state index in [9.17, 15) is 13.2 Å². The van der Waals surface area contributed by atoms with Crippen LogP contribution in [0.15, 0.2) is 24.3 Å². The van der Waals surface area contributed by atoms with E-state index in [2.05, 4.69) is 17.9 Å². The van der Waals surface area contributed by atoms with Crippen LogP contribution in [0, 0.1) is 0 Å². The van der Waals surface area contributed by atoms with Crippen molar-refractivity contribution in [3.63, 3.8) is 0 Å². The maximum absolute atomic E-state index is 12.5. The Balaban J connectivity index is 1.70.